The first-order valence-electron chi connectivity index (χ1n) is 6.71. The Kier molecular flexibility index (Phi) is 5.51. The summed E-state index contributed by atoms with van der Waals surface area (Å²) in [6.45, 7) is 0.340. The zero-order chi connectivity index (χ0) is 17.0. The van der Waals surface area contributed by atoms with Crippen LogP contribution in [0.15, 0.2) is 52.1 Å². The SMILES string of the molecule is CN(C)S(=O)(=O)c1cc(C(=O)NCc2ccncc2)ccc1Br. The van der Waals surface area contributed by atoms with E-state index in [2.05, 4.69) is 26.2 Å². The van der Waals surface area contributed by atoms with Crippen LogP contribution in [-0.2, 0) is 16.6 Å². The summed E-state index contributed by atoms with van der Waals surface area (Å²) in [5.41, 5.74) is 1.19. The smallest absolute Gasteiger partial charge is 0.251 e. The number of carbonyl (C=O) groups excluding carboxylic acids is 1. The van der Waals surface area contributed by atoms with Gasteiger partial charge in [-0.2, -0.15) is 0 Å². The molecule has 6 nitrogen and oxygen atoms in total. The molecule has 1 N–H and O–H groups in total. The van der Waals surface area contributed by atoms with Crippen LogP contribution in [0.1, 0.15) is 15.9 Å². The Morgan fingerprint density at radius 1 is 1.22 bits per heavy atom. The summed E-state index contributed by atoms with van der Waals surface area (Å²) in [6, 6.07) is 8.08. The first-order chi connectivity index (χ1) is 10.8. The molecule has 0 aliphatic heterocycles. The minimum absolute atomic E-state index is 0.0547. The lowest BCUT2D eigenvalue weighted by Gasteiger charge is -2.14. The van der Waals surface area contributed by atoms with E-state index in [4.69, 9.17) is 0 Å². The van der Waals surface area contributed by atoms with E-state index in [0.717, 1.165) is 9.87 Å². The van der Waals surface area contributed by atoms with Crippen molar-refractivity contribution in [3.8, 4) is 0 Å². The van der Waals surface area contributed by atoms with Gasteiger partial charge in [0.15, 0.2) is 0 Å². The van der Waals surface area contributed by atoms with E-state index in [9.17, 15) is 13.2 Å². The molecule has 0 radical (unpaired) electrons. The Hall–Kier alpha value is -1.77. The number of aromatic nitrogens is 1. The fourth-order valence-corrected chi connectivity index (χ4v) is 3.67. The van der Waals surface area contributed by atoms with Gasteiger partial charge in [0.25, 0.3) is 5.91 Å². The number of benzene rings is 1. The molecule has 0 saturated heterocycles. The van der Waals surface area contributed by atoms with Crippen molar-refractivity contribution in [2.45, 2.75) is 11.4 Å². The van der Waals surface area contributed by atoms with E-state index >= 15 is 0 Å². The lowest BCUT2D eigenvalue weighted by molar-refractivity contribution is 0.0950. The Balaban J connectivity index is 2.22. The van der Waals surface area contributed by atoms with E-state index in [1.165, 1.54) is 20.2 Å². The van der Waals surface area contributed by atoms with Gasteiger partial charge in [-0.1, -0.05) is 0 Å². The molecular weight excluding hydrogens is 382 g/mol. The summed E-state index contributed by atoms with van der Waals surface area (Å²) < 4.78 is 26.0. The molecule has 2 aromatic rings. The van der Waals surface area contributed by atoms with Crippen LogP contribution in [0.5, 0.6) is 0 Å². The van der Waals surface area contributed by atoms with Crippen LogP contribution in [-0.4, -0.2) is 37.7 Å². The molecule has 1 heterocycles. The standard InChI is InChI=1S/C15H16BrN3O3S/c1-19(2)23(21,22)14-9-12(3-4-13(14)16)15(20)18-10-11-5-7-17-8-6-11/h3-9H,10H2,1-2H3,(H,18,20). The Morgan fingerprint density at radius 2 is 1.87 bits per heavy atom. The van der Waals surface area contributed by atoms with Crippen LogP contribution in [0.3, 0.4) is 0 Å². The monoisotopic (exact) mass is 397 g/mol. The third-order valence-electron chi connectivity index (χ3n) is 3.15. The predicted octanol–water partition coefficient (Wildman–Crippen LogP) is 2.02. The van der Waals surface area contributed by atoms with Crippen LogP contribution < -0.4 is 5.32 Å². The third kappa shape index (κ3) is 4.15. The van der Waals surface area contributed by atoms with Gasteiger partial charge in [0.1, 0.15) is 0 Å². The van der Waals surface area contributed by atoms with Gasteiger partial charge < -0.3 is 5.32 Å². The van der Waals surface area contributed by atoms with Crippen LogP contribution in [0.4, 0.5) is 0 Å². The second kappa shape index (κ2) is 7.20. The van der Waals surface area contributed by atoms with Gasteiger partial charge in [0, 0.05) is 43.1 Å². The largest absolute Gasteiger partial charge is 0.348 e. The fraction of sp³-hybridized carbons (Fsp3) is 0.200. The maximum Gasteiger partial charge on any atom is 0.251 e. The topological polar surface area (TPSA) is 79.4 Å². The highest BCUT2D eigenvalue weighted by Gasteiger charge is 2.22. The number of hydrogen-bond acceptors (Lipinski definition) is 4. The minimum atomic E-state index is -3.63. The van der Waals surface area contributed by atoms with Crippen molar-refractivity contribution in [2.24, 2.45) is 0 Å². The number of pyridine rings is 1. The van der Waals surface area contributed by atoms with Gasteiger partial charge in [-0.25, -0.2) is 12.7 Å². The first-order valence-corrected chi connectivity index (χ1v) is 8.95. The van der Waals surface area contributed by atoms with Gasteiger partial charge >= 0.3 is 0 Å². The first kappa shape index (κ1) is 17.6. The average Bonchev–Trinajstić information content (AvgIpc) is 2.53. The van der Waals surface area contributed by atoms with Crippen molar-refractivity contribution in [2.75, 3.05) is 14.1 Å². The van der Waals surface area contributed by atoms with E-state index in [0.29, 0.717) is 11.0 Å². The predicted molar refractivity (Wildman–Crippen MR) is 90.4 cm³/mol. The highest BCUT2D eigenvalue weighted by Crippen LogP contribution is 2.25. The zero-order valence-electron chi connectivity index (χ0n) is 12.7. The quantitative estimate of drug-likeness (QED) is 0.836. The molecule has 0 aliphatic rings. The molecule has 8 heteroatoms. The van der Waals surface area contributed by atoms with E-state index in [1.807, 2.05) is 0 Å². The fourth-order valence-electron chi connectivity index (χ4n) is 1.82. The molecule has 0 bridgehead atoms. The van der Waals surface area contributed by atoms with Crippen LogP contribution in [0.25, 0.3) is 0 Å². The number of nitrogens with one attached hydrogen (secondary N) is 1. The summed E-state index contributed by atoms with van der Waals surface area (Å²) in [5, 5.41) is 2.75. The van der Waals surface area contributed by atoms with Crippen molar-refractivity contribution in [3.63, 3.8) is 0 Å². The summed E-state index contributed by atoms with van der Waals surface area (Å²) in [5.74, 6) is -0.343. The Labute approximate surface area is 143 Å². The van der Waals surface area contributed by atoms with Crippen LogP contribution in [0, 0.1) is 0 Å². The number of nitrogens with zero attached hydrogens (tertiary/aromatic N) is 2. The normalized spacial score (nSPS) is 11.5. The summed E-state index contributed by atoms with van der Waals surface area (Å²) in [6.07, 6.45) is 3.28. The molecule has 2 rings (SSSR count). The van der Waals surface area contributed by atoms with E-state index in [-0.39, 0.29) is 16.4 Å². The number of carbonyl (C=O) groups is 1. The molecule has 1 aromatic carbocycles. The van der Waals surface area contributed by atoms with Crippen LogP contribution in [0.2, 0.25) is 0 Å². The molecule has 122 valence electrons. The second-order valence-corrected chi connectivity index (χ2v) is 7.95. The number of rotatable bonds is 5. The Bertz CT molecular complexity index is 808. The number of amides is 1. The second-order valence-electron chi connectivity index (χ2n) is 4.97. The summed E-state index contributed by atoms with van der Waals surface area (Å²) >= 11 is 3.21. The molecular formula is C15H16BrN3O3S. The molecule has 0 spiro atoms. The van der Waals surface area contributed by atoms with E-state index in [1.54, 1.807) is 36.7 Å². The molecule has 0 saturated carbocycles. The van der Waals surface area contributed by atoms with Crippen molar-refractivity contribution in [3.05, 3.63) is 58.3 Å². The molecule has 23 heavy (non-hydrogen) atoms. The Morgan fingerprint density at radius 3 is 2.48 bits per heavy atom. The van der Waals surface area contributed by atoms with Gasteiger partial charge in [-0.15, -0.1) is 0 Å². The minimum Gasteiger partial charge on any atom is -0.348 e. The van der Waals surface area contributed by atoms with Crippen molar-refractivity contribution < 1.29 is 13.2 Å². The molecule has 1 amide bonds. The molecule has 0 fully saturated rings. The zero-order valence-corrected chi connectivity index (χ0v) is 15.1. The third-order valence-corrected chi connectivity index (χ3v) is 5.96. The molecule has 1 aromatic heterocycles. The number of sulfonamides is 1. The van der Waals surface area contributed by atoms with Crippen molar-refractivity contribution in [1.29, 1.82) is 0 Å². The highest BCUT2D eigenvalue weighted by molar-refractivity contribution is 9.10. The van der Waals surface area contributed by atoms with Gasteiger partial charge in [-0.05, 0) is 51.8 Å². The number of hydrogen-bond donors (Lipinski definition) is 1. The maximum atomic E-state index is 12.3. The van der Waals surface area contributed by atoms with Gasteiger partial charge in [0.2, 0.25) is 10.0 Å². The highest BCUT2D eigenvalue weighted by atomic mass is 79.9. The lowest BCUT2D eigenvalue weighted by Crippen LogP contribution is -2.25. The summed E-state index contributed by atoms with van der Waals surface area (Å²) in [7, 11) is -0.748. The molecule has 0 aliphatic carbocycles. The molecule has 0 atom stereocenters. The molecule has 0 unspecified atom stereocenters. The lowest BCUT2D eigenvalue weighted by atomic mass is 10.2. The van der Waals surface area contributed by atoms with Crippen molar-refractivity contribution in [1.82, 2.24) is 14.6 Å². The van der Waals surface area contributed by atoms with Crippen molar-refractivity contribution >= 4 is 31.9 Å². The van der Waals surface area contributed by atoms with E-state index < -0.39 is 10.0 Å². The van der Waals surface area contributed by atoms with Gasteiger partial charge in [-0.3, -0.25) is 9.78 Å². The van der Waals surface area contributed by atoms with Gasteiger partial charge in [0.05, 0.1) is 4.90 Å². The maximum absolute atomic E-state index is 12.3. The number of halogens is 1. The van der Waals surface area contributed by atoms with Crippen LogP contribution >= 0.6 is 15.9 Å². The average molecular weight is 398 g/mol. The summed E-state index contributed by atoms with van der Waals surface area (Å²) in [4.78, 5) is 16.2.